The van der Waals surface area contributed by atoms with Crippen molar-refractivity contribution >= 4 is 0 Å². The van der Waals surface area contributed by atoms with Crippen molar-refractivity contribution in [2.75, 3.05) is 0 Å². The molecule has 0 bridgehead atoms. The van der Waals surface area contributed by atoms with Crippen molar-refractivity contribution < 1.29 is 19.7 Å². The number of hydrogen-bond acceptors (Lipinski definition) is 4. The fraction of sp³-hybridized carbons (Fsp3) is 0.357. The summed E-state index contributed by atoms with van der Waals surface area (Å²) < 4.78 is 12.1. The van der Waals surface area contributed by atoms with E-state index in [1.54, 1.807) is 0 Å². The Morgan fingerprint density at radius 3 is 1.66 bits per heavy atom. The largest absolute Gasteiger partial charge is 0.392 e. The molecule has 0 spiro atoms. The van der Waals surface area contributed by atoms with E-state index in [-0.39, 0.29) is 18.8 Å². The van der Waals surface area contributed by atoms with Gasteiger partial charge in [-0.2, -0.15) is 0 Å². The van der Waals surface area contributed by atoms with Crippen LogP contribution in [0.15, 0.2) is 91.0 Å². The minimum absolute atomic E-state index is 0.140. The quantitative estimate of drug-likeness (QED) is 0.497. The molecule has 4 rings (SSSR count). The van der Waals surface area contributed by atoms with Crippen molar-refractivity contribution in [3.05, 3.63) is 108 Å². The van der Waals surface area contributed by atoms with Crippen LogP contribution in [0.5, 0.6) is 0 Å². The number of rotatable bonds is 7. The lowest BCUT2D eigenvalue weighted by Crippen LogP contribution is -2.31. The van der Waals surface area contributed by atoms with Crippen LogP contribution in [0.25, 0.3) is 0 Å². The lowest BCUT2D eigenvalue weighted by atomic mass is 10.1. The Labute approximate surface area is 191 Å². The van der Waals surface area contributed by atoms with Gasteiger partial charge in [0.1, 0.15) is 0 Å². The molecule has 4 nitrogen and oxygen atoms in total. The summed E-state index contributed by atoms with van der Waals surface area (Å²) in [5.74, 6) is 0. The molecule has 0 heterocycles. The molecule has 3 atom stereocenters. The third-order valence-corrected chi connectivity index (χ3v) is 5.61. The zero-order valence-electron chi connectivity index (χ0n) is 18.6. The first-order valence-corrected chi connectivity index (χ1v) is 11.4. The summed E-state index contributed by atoms with van der Waals surface area (Å²) in [5, 5.41) is 18.9. The highest BCUT2D eigenvalue weighted by atomic mass is 16.5. The topological polar surface area (TPSA) is 58.9 Å². The van der Waals surface area contributed by atoms with Crippen LogP contribution in [0.3, 0.4) is 0 Å². The predicted molar refractivity (Wildman–Crippen MR) is 127 cm³/mol. The second kappa shape index (κ2) is 13.8. The SMILES string of the molecule is OCc1ccccc1.O[C@H]1CCC[C@@H](OCc2ccccc2)C[C@H]1OCc1ccccc1. The molecule has 32 heavy (non-hydrogen) atoms. The van der Waals surface area contributed by atoms with Gasteiger partial charge in [0.25, 0.3) is 0 Å². The maximum absolute atomic E-state index is 10.3. The summed E-state index contributed by atoms with van der Waals surface area (Å²) in [6.45, 7) is 1.29. The standard InChI is InChI=1S/C21H26O3.C7H8O/c22-20-13-7-12-19(23-15-17-8-3-1-4-9-17)14-21(20)24-16-18-10-5-2-6-11-18;8-6-7-4-2-1-3-5-7/h1-6,8-11,19-22H,7,12-16H2;1-5,8H,6H2/t19-,20+,21-;/m1./s1. The highest BCUT2D eigenvalue weighted by Crippen LogP contribution is 2.25. The third kappa shape index (κ3) is 8.56. The molecular weight excluding hydrogens is 400 g/mol. The number of benzene rings is 3. The summed E-state index contributed by atoms with van der Waals surface area (Å²) in [6, 6.07) is 29.9. The normalized spacial score (nSPS) is 20.6. The van der Waals surface area contributed by atoms with Crippen LogP contribution in [0, 0.1) is 0 Å². The molecule has 0 aliphatic heterocycles. The molecule has 2 N–H and O–H groups in total. The van der Waals surface area contributed by atoms with Gasteiger partial charge in [-0.05, 0) is 36.0 Å². The minimum Gasteiger partial charge on any atom is -0.392 e. The van der Waals surface area contributed by atoms with Crippen molar-refractivity contribution in [1.29, 1.82) is 0 Å². The van der Waals surface area contributed by atoms with E-state index < -0.39 is 6.10 Å². The van der Waals surface area contributed by atoms with Crippen LogP contribution in [0.4, 0.5) is 0 Å². The number of aliphatic hydroxyl groups excluding tert-OH is 2. The monoisotopic (exact) mass is 434 g/mol. The van der Waals surface area contributed by atoms with Gasteiger partial charge in [-0.3, -0.25) is 0 Å². The Hall–Kier alpha value is -2.50. The molecule has 0 aromatic heterocycles. The van der Waals surface area contributed by atoms with Gasteiger partial charge in [0.15, 0.2) is 0 Å². The molecule has 170 valence electrons. The predicted octanol–water partition coefficient (Wildman–Crippen LogP) is 5.27. The Bertz CT molecular complexity index is 854. The molecule has 1 saturated carbocycles. The maximum atomic E-state index is 10.3. The molecule has 3 aromatic carbocycles. The van der Waals surface area contributed by atoms with Gasteiger partial charge in [0.2, 0.25) is 0 Å². The van der Waals surface area contributed by atoms with Crippen molar-refractivity contribution in [1.82, 2.24) is 0 Å². The van der Waals surface area contributed by atoms with Crippen LogP contribution in [-0.2, 0) is 29.3 Å². The zero-order chi connectivity index (χ0) is 22.4. The molecule has 1 aliphatic carbocycles. The van der Waals surface area contributed by atoms with Crippen molar-refractivity contribution in [2.24, 2.45) is 0 Å². The first-order valence-electron chi connectivity index (χ1n) is 11.4. The summed E-state index contributed by atoms with van der Waals surface area (Å²) in [4.78, 5) is 0. The highest BCUT2D eigenvalue weighted by molar-refractivity contribution is 5.14. The van der Waals surface area contributed by atoms with Crippen molar-refractivity contribution in [3.63, 3.8) is 0 Å². The molecule has 0 amide bonds. The second-order valence-corrected chi connectivity index (χ2v) is 8.13. The van der Waals surface area contributed by atoms with E-state index in [0.717, 1.165) is 36.8 Å². The van der Waals surface area contributed by atoms with E-state index in [9.17, 15) is 5.11 Å². The van der Waals surface area contributed by atoms with Gasteiger partial charge >= 0.3 is 0 Å². The highest BCUT2D eigenvalue weighted by Gasteiger charge is 2.28. The third-order valence-electron chi connectivity index (χ3n) is 5.61. The Kier molecular flexibility index (Phi) is 10.4. The van der Waals surface area contributed by atoms with Crippen LogP contribution >= 0.6 is 0 Å². The van der Waals surface area contributed by atoms with Crippen molar-refractivity contribution in [3.8, 4) is 0 Å². The van der Waals surface area contributed by atoms with Crippen LogP contribution in [0.1, 0.15) is 42.4 Å². The summed E-state index contributed by atoms with van der Waals surface area (Å²) >= 11 is 0. The minimum atomic E-state index is -0.404. The summed E-state index contributed by atoms with van der Waals surface area (Å²) in [5.41, 5.74) is 3.28. The number of ether oxygens (including phenoxy) is 2. The van der Waals surface area contributed by atoms with Gasteiger partial charge in [-0.15, -0.1) is 0 Å². The second-order valence-electron chi connectivity index (χ2n) is 8.13. The molecule has 1 aliphatic rings. The number of hydrogen-bond donors (Lipinski definition) is 2. The van der Waals surface area contributed by atoms with E-state index in [0.29, 0.717) is 13.2 Å². The Morgan fingerprint density at radius 1 is 0.656 bits per heavy atom. The molecule has 1 fully saturated rings. The Morgan fingerprint density at radius 2 is 1.16 bits per heavy atom. The molecular formula is C28H34O4. The van der Waals surface area contributed by atoms with Crippen molar-refractivity contribution in [2.45, 2.75) is 63.8 Å². The van der Waals surface area contributed by atoms with E-state index in [1.807, 2.05) is 78.9 Å². The average Bonchev–Trinajstić information content (AvgIpc) is 3.04. The lowest BCUT2D eigenvalue weighted by Gasteiger charge is -2.24. The Balaban J connectivity index is 0.000000305. The zero-order valence-corrected chi connectivity index (χ0v) is 18.6. The molecule has 0 unspecified atom stereocenters. The van der Waals surface area contributed by atoms with Crippen LogP contribution < -0.4 is 0 Å². The number of aliphatic hydroxyl groups is 2. The molecule has 3 aromatic rings. The average molecular weight is 435 g/mol. The summed E-state index contributed by atoms with van der Waals surface area (Å²) in [7, 11) is 0. The van der Waals surface area contributed by atoms with Gasteiger partial charge in [-0.25, -0.2) is 0 Å². The van der Waals surface area contributed by atoms with Crippen LogP contribution in [0.2, 0.25) is 0 Å². The first-order chi connectivity index (χ1) is 15.7. The van der Waals surface area contributed by atoms with Crippen LogP contribution in [-0.4, -0.2) is 28.5 Å². The molecule has 0 radical (unpaired) electrons. The van der Waals surface area contributed by atoms with Gasteiger partial charge < -0.3 is 19.7 Å². The van der Waals surface area contributed by atoms with E-state index in [1.165, 1.54) is 5.56 Å². The van der Waals surface area contributed by atoms with Gasteiger partial charge in [-0.1, -0.05) is 91.0 Å². The van der Waals surface area contributed by atoms with Gasteiger partial charge in [0.05, 0.1) is 38.1 Å². The van der Waals surface area contributed by atoms with E-state index in [4.69, 9.17) is 14.6 Å². The van der Waals surface area contributed by atoms with E-state index >= 15 is 0 Å². The molecule has 4 heteroatoms. The van der Waals surface area contributed by atoms with E-state index in [2.05, 4.69) is 12.1 Å². The lowest BCUT2D eigenvalue weighted by molar-refractivity contribution is -0.0721. The maximum Gasteiger partial charge on any atom is 0.0863 e. The smallest absolute Gasteiger partial charge is 0.0863 e. The first kappa shape index (κ1) is 24.1. The molecule has 0 saturated heterocycles. The summed E-state index contributed by atoms with van der Waals surface area (Å²) in [6.07, 6.45) is 3.07. The fourth-order valence-electron chi connectivity index (χ4n) is 3.75. The fourth-order valence-corrected chi connectivity index (χ4v) is 3.75. The van der Waals surface area contributed by atoms with Gasteiger partial charge in [0, 0.05) is 6.42 Å².